The van der Waals surface area contributed by atoms with Gasteiger partial charge in [0.15, 0.2) is 0 Å². The highest BCUT2D eigenvalue weighted by atomic mass is 16.3. The highest BCUT2D eigenvalue weighted by Gasteiger charge is 2.15. The minimum absolute atomic E-state index is 0.158. The van der Waals surface area contributed by atoms with Crippen LogP contribution in [0.5, 0.6) is 11.5 Å². The summed E-state index contributed by atoms with van der Waals surface area (Å²) in [4.78, 5) is 0. The van der Waals surface area contributed by atoms with Gasteiger partial charge in [0.25, 0.3) is 0 Å². The lowest BCUT2D eigenvalue weighted by molar-refractivity contribution is 0.481. The molecule has 0 amide bonds. The Bertz CT molecular complexity index is 935. The molecule has 0 radical (unpaired) electrons. The zero-order valence-electron chi connectivity index (χ0n) is 9.92. The fourth-order valence-electron chi connectivity index (χ4n) is 2.61. The number of benzene rings is 3. The monoisotopic (exact) mass is 250 g/mol. The molecule has 1 aromatic heterocycles. The van der Waals surface area contributed by atoms with Gasteiger partial charge in [-0.15, -0.1) is 0 Å². The van der Waals surface area contributed by atoms with Crippen molar-refractivity contribution < 1.29 is 14.6 Å². The Morgan fingerprint density at radius 3 is 2.37 bits per heavy atom. The molecule has 3 nitrogen and oxygen atoms in total. The maximum absolute atomic E-state index is 10.1. The topological polar surface area (TPSA) is 53.6 Å². The SMILES string of the molecule is Oc1cc2c(oc3cccc(O)c32)c2ccccc12. The van der Waals surface area contributed by atoms with Crippen LogP contribution in [0.4, 0.5) is 0 Å². The Balaban J connectivity index is 2.37. The molecular formula is C16H10O3. The predicted molar refractivity (Wildman–Crippen MR) is 74.6 cm³/mol. The van der Waals surface area contributed by atoms with Gasteiger partial charge in [0.1, 0.15) is 22.7 Å². The summed E-state index contributed by atoms with van der Waals surface area (Å²) in [7, 11) is 0. The summed E-state index contributed by atoms with van der Waals surface area (Å²) < 4.78 is 5.83. The van der Waals surface area contributed by atoms with E-state index >= 15 is 0 Å². The second-order valence-electron chi connectivity index (χ2n) is 4.57. The Labute approximate surface area is 108 Å². The van der Waals surface area contributed by atoms with Crippen LogP contribution < -0.4 is 0 Å². The highest BCUT2D eigenvalue weighted by Crippen LogP contribution is 2.41. The van der Waals surface area contributed by atoms with Crippen LogP contribution in [-0.2, 0) is 0 Å². The van der Waals surface area contributed by atoms with E-state index in [1.165, 1.54) is 0 Å². The molecule has 0 saturated heterocycles. The van der Waals surface area contributed by atoms with Gasteiger partial charge in [-0.05, 0) is 18.2 Å². The molecule has 0 fully saturated rings. The summed E-state index contributed by atoms with van der Waals surface area (Å²) in [5.74, 6) is 0.347. The Morgan fingerprint density at radius 2 is 1.53 bits per heavy atom. The van der Waals surface area contributed by atoms with Crippen molar-refractivity contribution in [3.63, 3.8) is 0 Å². The zero-order chi connectivity index (χ0) is 13.0. The summed E-state index contributed by atoms with van der Waals surface area (Å²) >= 11 is 0. The lowest BCUT2D eigenvalue weighted by Gasteiger charge is -2.01. The first-order valence-electron chi connectivity index (χ1n) is 6.00. The Hall–Kier alpha value is -2.68. The largest absolute Gasteiger partial charge is 0.507 e. The van der Waals surface area contributed by atoms with Crippen molar-refractivity contribution in [2.24, 2.45) is 0 Å². The van der Waals surface area contributed by atoms with Crippen molar-refractivity contribution in [3.05, 3.63) is 48.5 Å². The summed E-state index contributed by atoms with van der Waals surface area (Å²) in [5.41, 5.74) is 1.30. The van der Waals surface area contributed by atoms with Crippen molar-refractivity contribution in [1.82, 2.24) is 0 Å². The third kappa shape index (κ3) is 1.27. The van der Waals surface area contributed by atoms with Gasteiger partial charge in [-0.1, -0.05) is 30.3 Å². The third-order valence-corrected chi connectivity index (χ3v) is 3.46. The molecule has 0 aliphatic heterocycles. The quantitative estimate of drug-likeness (QED) is 0.493. The van der Waals surface area contributed by atoms with E-state index in [1.54, 1.807) is 24.3 Å². The van der Waals surface area contributed by atoms with Crippen LogP contribution in [0.3, 0.4) is 0 Å². The molecule has 0 saturated carbocycles. The molecule has 0 bridgehead atoms. The fraction of sp³-hybridized carbons (Fsp3) is 0. The van der Waals surface area contributed by atoms with Crippen molar-refractivity contribution in [2.45, 2.75) is 0 Å². The van der Waals surface area contributed by atoms with Crippen molar-refractivity contribution >= 4 is 32.7 Å². The van der Waals surface area contributed by atoms with Gasteiger partial charge in [-0.3, -0.25) is 0 Å². The van der Waals surface area contributed by atoms with Crippen LogP contribution in [-0.4, -0.2) is 10.2 Å². The normalized spacial score (nSPS) is 11.6. The number of hydrogen-bond acceptors (Lipinski definition) is 3. The van der Waals surface area contributed by atoms with Gasteiger partial charge in [-0.2, -0.15) is 0 Å². The van der Waals surface area contributed by atoms with Crippen LogP contribution in [0.1, 0.15) is 0 Å². The smallest absolute Gasteiger partial charge is 0.143 e. The first-order chi connectivity index (χ1) is 9.25. The molecule has 3 aromatic carbocycles. The zero-order valence-corrected chi connectivity index (χ0v) is 9.92. The Morgan fingerprint density at radius 1 is 0.737 bits per heavy atom. The van der Waals surface area contributed by atoms with Gasteiger partial charge >= 0.3 is 0 Å². The van der Waals surface area contributed by atoms with E-state index in [1.807, 2.05) is 24.3 Å². The number of aromatic hydroxyl groups is 2. The molecule has 3 heteroatoms. The van der Waals surface area contributed by atoms with Crippen molar-refractivity contribution in [2.75, 3.05) is 0 Å². The summed E-state index contributed by atoms with van der Waals surface area (Å²) in [5, 5.41) is 23.0. The van der Waals surface area contributed by atoms with Crippen LogP contribution >= 0.6 is 0 Å². The van der Waals surface area contributed by atoms with E-state index in [2.05, 4.69) is 0 Å². The van der Waals surface area contributed by atoms with Crippen molar-refractivity contribution in [1.29, 1.82) is 0 Å². The van der Waals surface area contributed by atoms with E-state index in [0.717, 1.165) is 16.2 Å². The molecule has 19 heavy (non-hydrogen) atoms. The lowest BCUT2D eigenvalue weighted by atomic mass is 10.0. The number of phenolic OH excluding ortho intramolecular Hbond substituents is 2. The maximum atomic E-state index is 10.1. The molecule has 0 spiro atoms. The van der Waals surface area contributed by atoms with Crippen LogP contribution in [0, 0.1) is 0 Å². The third-order valence-electron chi connectivity index (χ3n) is 3.46. The van der Waals surface area contributed by atoms with Gasteiger partial charge in [-0.25, -0.2) is 0 Å². The van der Waals surface area contributed by atoms with Crippen LogP contribution in [0.25, 0.3) is 32.7 Å². The second kappa shape index (κ2) is 3.42. The number of phenols is 2. The molecule has 1 heterocycles. The van der Waals surface area contributed by atoms with Gasteiger partial charge in [0.05, 0.1) is 5.39 Å². The summed E-state index contributed by atoms with van der Waals surface area (Å²) in [6.07, 6.45) is 0. The van der Waals surface area contributed by atoms with Gasteiger partial charge in [0.2, 0.25) is 0 Å². The molecule has 0 aliphatic rings. The average Bonchev–Trinajstić information content (AvgIpc) is 2.79. The van der Waals surface area contributed by atoms with E-state index in [4.69, 9.17) is 4.42 Å². The summed E-state index contributed by atoms with van der Waals surface area (Å²) in [6.45, 7) is 0. The number of fused-ring (bicyclic) bond motifs is 5. The van der Waals surface area contributed by atoms with E-state index in [-0.39, 0.29) is 11.5 Å². The molecule has 4 aromatic rings. The van der Waals surface area contributed by atoms with Gasteiger partial charge < -0.3 is 14.6 Å². The van der Waals surface area contributed by atoms with Crippen molar-refractivity contribution in [3.8, 4) is 11.5 Å². The molecule has 92 valence electrons. The molecule has 0 atom stereocenters. The van der Waals surface area contributed by atoms with Gasteiger partial charge in [0, 0.05) is 16.2 Å². The lowest BCUT2D eigenvalue weighted by Crippen LogP contribution is -1.75. The van der Waals surface area contributed by atoms with Crippen LogP contribution in [0.15, 0.2) is 52.9 Å². The number of rotatable bonds is 0. The number of hydrogen-bond donors (Lipinski definition) is 2. The molecule has 0 unspecified atom stereocenters. The number of furan rings is 1. The molecule has 4 rings (SSSR count). The van der Waals surface area contributed by atoms with Crippen LogP contribution in [0.2, 0.25) is 0 Å². The minimum atomic E-state index is 0.158. The fourth-order valence-corrected chi connectivity index (χ4v) is 2.61. The first-order valence-corrected chi connectivity index (χ1v) is 6.00. The average molecular weight is 250 g/mol. The molecule has 0 aliphatic carbocycles. The Kier molecular flexibility index (Phi) is 1.85. The summed E-state index contributed by atoms with van der Waals surface area (Å²) in [6, 6.07) is 14.3. The molecular weight excluding hydrogens is 240 g/mol. The van der Waals surface area contributed by atoms with E-state index in [9.17, 15) is 10.2 Å². The first kappa shape index (κ1) is 10.3. The second-order valence-corrected chi connectivity index (χ2v) is 4.57. The molecule has 2 N–H and O–H groups in total. The highest BCUT2D eigenvalue weighted by molar-refractivity contribution is 6.18. The minimum Gasteiger partial charge on any atom is -0.507 e. The van der Waals surface area contributed by atoms with E-state index < -0.39 is 0 Å². The predicted octanol–water partition coefficient (Wildman–Crippen LogP) is 4.15. The maximum Gasteiger partial charge on any atom is 0.143 e. The standard InChI is InChI=1S/C16H10O3/c17-12-6-3-7-14-15(12)11-8-13(18)9-4-1-2-5-10(9)16(11)19-14/h1-8,17-18H. The van der Waals surface area contributed by atoms with E-state index in [0.29, 0.717) is 16.6 Å².